The minimum absolute atomic E-state index is 0.00222. The van der Waals surface area contributed by atoms with Crippen molar-refractivity contribution in [3.8, 4) is 0 Å². The number of Topliss-reactive ketones (excluding diaryl/α,β-unsaturated/α-hetero) is 1. The fraction of sp³-hybridized carbons (Fsp3) is 0.619. The molecule has 4 atom stereocenters. The molecule has 4 rings (SSSR count). The van der Waals surface area contributed by atoms with Crippen LogP contribution in [0.4, 0.5) is 0 Å². The number of esters is 1. The second-order valence-corrected chi connectivity index (χ2v) is 8.29. The molecule has 1 saturated heterocycles. The lowest BCUT2D eigenvalue weighted by Gasteiger charge is -2.51. The molecule has 0 spiro atoms. The van der Waals surface area contributed by atoms with Gasteiger partial charge in [-0.1, -0.05) is 23.3 Å². The summed E-state index contributed by atoms with van der Waals surface area (Å²) in [7, 11) is 1.63. The molecule has 0 aromatic heterocycles. The molecule has 1 unspecified atom stereocenters. The van der Waals surface area contributed by atoms with E-state index in [1.165, 1.54) is 5.57 Å². The fourth-order valence-electron chi connectivity index (χ4n) is 4.89. The van der Waals surface area contributed by atoms with Gasteiger partial charge in [-0.2, -0.15) is 0 Å². The molecule has 4 bridgehead atoms. The summed E-state index contributed by atoms with van der Waals surface area (Å²) >= 11 is 0. The molecule has 0 aromatic rings. The quantitative estimate of drug-likeness (QED) is 0.556. The van der Waals surface area contributed by atoms with Crippen molar-refractivity contribution in [3.63, 3.8) is 0 Å². The van der Waals surface area contributed by atoms with Crippen LogP contribution in [0.15, 0.2) is 34.6 Å². The van der Waals surface area contributed by atoms with E-state index in [9.17, 15) is 9.59 Å². The molecule has 1 aliphatic heterocycles. The Morgan fingerprint density at radius 3 is 2.40 bits per heavy atom. The van der Waals surface area contributed by atoms with Crippen molar-refractivity contribution in [1.29, 1.82) is 0 Å². The van der Waals surface area contributed by atoms with Crippen molar-refractivity contribution in [2.24, 2.45) is 17.3 Å². The molecular weight excluding hydrogens is 316 g/mol. The van der Waals surface area contributed by atoms with Crippen molar-refractivity contribution in [2.75, 3.05) is 7.11 Å². The van der Waals surface area contributed by atoms with Crippen LogP contribution in [0.3, 0.4) is 0 Å². The maximum absolute atomic E-state index is 13.5. The molecule has 3 aliphatic carbocycles. The molecule has 136 valence electrons. The van der Waals surface area contributed by atoms with E-state index < -0.39 is 11.0 Å². The van der Waals surface area contributed by atoms with Crippen molar-refractivity contribution in [2.45, 2.75) is 59.5 Å². The van der Waals surface area contributed by atoms with Crippen LogP contribution in [-0.4, -0.2) is 24.5 Å². The summed E-state index contributed by atoms with van der Waals surface area (Å²) in [6.45, 7) is 10.0. The van der Waals surface area contributed by atoms with Gasteiger partial charge in [0.1, 0.15) is 5.76 Å². The lowest BCUT2D eigenvalue weighted by molar-refractivity contribution is -0.164. The third-order valence-corrected chi connectivity index (χ3v) is 5.92. The summed E-state index contributed by atoms with van der Waals surface area (Å²) in [4.78, 5) is 26.1. The minimum atomic E-state index is -1.06. The molecule has 4 nitrogen and oxygen atoms in total. The van der Waals surface area contributed by atoms with Gasteiger partial charge in [0.2, 0.25) is 0 Å². The molecule has 1 saturated carbocycles. The Morgan fingerprint density at radius 1 is 1.20 bits per heavy atom. The van der Waals surface area contributed by atoms with Crippen molar-refractivity contribution in [3.05, 3.63) is 34.6 Å². The Labute approximate surface area is 150 Å². The monoisotopic (exact) mass is 344 g/mol. The number of allylic oxidation sites excluding steroid dienone is 4. The van der Waals surface area contributed by atoms with Crippen LogP contribution < -0.4 is 0 Å². The van der Waals surface area contributed by atoms with Gasteiger partial charge in [0.25, 0.3) is 0 Å². The summed E-state index contributed by atoms with van der Waals surface area (Å²) in [5.41, 5.74) is 1.56. The second-order valence-electron chi connectivity index (χ2n) is 8.29. The maximum Gasteiger partial charge on any atom is 0.310 e. The van der Waals surface area contributed by atoms with Crippen LogP contribution in [0.1, 0.15) is 53.9 Å². The van der Waals surface area contributed by atoms with E-state index in [-0.39, 0.29) is 23.6 Å². The first-order chi connectivity index (χ1) is 11.7. The van der Waals surface area contributed by atoms with Crippen LogP contribution in [0.2, 0.25) is 0 Å². The van der Waals surface area contributed by atoms with E-state index in [0.29, 0.717) is 19.3 Å². The highest BCUT2D eigenvalue weighted by Gasteiger charge is 2.73. The summed E-state index contributed by atoms with van der Waals surface area (Å²) in [5.74, 6) is 0.0714. The average molecular weight is 344 g/mol. The van der Waals surface area contributed by atoms with Gasteiger partial charge < -0.3 is 9.47 Å². The molecule has 0 N–H and O–H groups in total. The fourth-order valence-corrected chi connectivity index (χ4v) is 4.89. The van der Waals surface area contributed by atoms with Gasteiger partial charge >= 0.3 is 5.97 Å². The molecule has 4 aliphatic rings. The normalized spacial score (nSPS) is 35.6. The van der Waals surface area contributed by atoms with E-state index in [4.69, 9.17) is 9.47 Å². The van der Waals surface area contributed by atoms with Crippen molar-refractivity contribution >= 4 is 11.8 Å². The molecule has 4 heteroatoms. The van der Waals surface area contributed by atoms with Gasteiger partial charge in [0.15, 0.2) is 11.4 Å². The molecule has 0 amide bonds. The first kappa shape index (κ1) is 18.0. The lowest BCUT2D eigenvalue weighted by atomic mass is 9.50. The highest BCUT2D eigenvalue weighted by atomic mass is 16.6. The molecule has 0 aromatic carbocycles. The van der Waals surface area contributed by atoms with Gasteiger partial charge in [0, 0.05) is 12.3 Å². The standard InChI is InChI=1S/C21H28O4/c1-12(2)7-8-14-16-15-11-20(5,17(14)24-6)19(23)21(16,25-18(15)22)10-9-13(3)4/h7,9,15-16H,8,10-11H2,1-6H3/t15-,16+,20+,21?/m1/s1. The largest absolute Gasteiger partial charge is 0.500 e. The number of hydrogen-bond donors (Lipinski definition) is 0. The summed E-state index contributed by atoms with van der Waals surface area (Å²) in [6.07, 6.45) is 5.80. The molecule has 0 radical (unpaired) electrons. The Kier molecular flexibility index (Phi) is 4.21. The van der Waals surface area contributed by atoms with Crippen LogP contribution in [0, 0.1) is 17.3 Å². The number of carbonyl (C=O) groups excluding carboxylic acids is 2. The highest BCUT2D eigenvalue weighted by molar-refractivity contribution is 6.03. The van der Waals surface area contributed by atoms with E-state index in [2.05, 4.69) is 19.9 Å². The minimum Gasteiger partial charge on any atom is -0.500 e. The Hall–Kier alpha value is -1.84. The first-order valence-electron chi connectivity index (χ1n) is 8.99. The number of carbonyl (C=O) groups is 2. The molecular formula is C21H28O4. The number of rotatable bonds is 5. The Bertz CT molecular complexity index is 718. The third-order valence-electron chi connectivity index (χ3n) is 5.92. The van der Waals surface area contributed by atoms with E-state index in [0.717, 1.165) is 16.9 Å². The van der Waals surface area contributed by atoms with Crippen LogP contribution in [0.5, 0.6) is 0 Å². The number of methoxy groups -OCH3 is 1. The van der Waals surface area contributed by atoms with Crippen LogP contribution in [-0.2, 0) is 19.1 Å². The van der Waals surface area contributed by atoms with E-state index in [1.807, 2.05) is 26.8 Å². The smallest absolute Gasteiger partial charge is 0.310 e. The molecule has 1 heterocycles. The van der Waals surface area contributed by atoms with Crippen LogP contribution >= 0.6 is 0 Å². The van der Waals surface area contributed by atoms with Gasteiger partial charge in [-0.15, -0.1) is 0 Å². The summed E-state index contributed by atoms with van der Waals surface area (Å²) < 4.78 is 11.5. The average Bonchev–Trinajstić information content (AvgIpc) is 2.78. The predicted molar refractivity (Wildman–Crippen MR) is 95.7 cm³/mol. The Morgan fingerprint density at radius 2 is 1.84 bits per heavy atom. The topological polar surface area (TPSA) is 52.6 Å². The molecule has 25 heavy (non-hydrogen) atoms. The first-order valence-corrected chi connectivity index (χ1v) is 8.99. The third kappa shape index (κ3) is 2.41. The van der Waals surface area contributed by atoms with E-state index >= 15 is 0 Å². The Balaban J connectivity index is 2.19. The zero-order valence-electron chi connectivity index (χ0n) is 16.1. The zero-order chi connectivity index (χ0) is 18.6. The van der Waals surface area contributed by atoms with Gasteiger partial charge in [0.05, 0.1) is 18.4 Å². The molecule has 2 fully saturated rings. The number of hydrogen-bond acceptors (Lipinski definition) is 4. The number of ketones is 1. The van der Waals surface area contributed by atoms with Gasteiger partial charge in [-0.25, -0.2) is 0 Å². The lowest BCUT2D eigenvalue weighted by Crippen LogP contribution is -2.61. The summed E-state index contributed by atoms with van der Waals surface area (Å²) in [5, 5.41) is 0. The highest BCUT2D eigenvalue weighted by Crippen LogP contribution is 2.64. The van der Waals surface area contributed by atoms with Crippen molar-refractivity contribution < 1.29 is 19.1 Å². The van der Waals surface area contributed by atoms with Crippen molar-refractivity contribution in [1.82, 2.24) is 0 Å². The van der Waals surface area contributed by atoms with Crippen LogP contribution in [0.25, 0.3) is 0 Å². The predicted octanol–water partition coefficient (Wildman–Crippen LogP) is 4.12. The van der Waals surface area contributed by atoms with Gasteiger partial charge in [-0.3, -0.25) is 9.59 Å². The summed E-state index contributed by atoms with van der Waals surface area (Å²) in [6, 6.07) is 0. The maximum atomic E-state index is 13.5. The van der Waals surface area contributed by atoms with E-state index in [1.54, 1.807) is 7.11 Å². The number of ether oxygens (including phenoxy) is 2. The zero-order valence-corrected chi connectivity index (χ0v) is 16.1. The second kappa shape index (κ2) is 5.86. The van der Waals surface area contributed by atoms with Gasteiger partial charge in [-0.05, 0) is 53.0 Å². The SMILES string of the molecule is COC1=C(CC=C(C)C)[C@H]2[C@H]3C[C@]1(C)C(=O)C2(CC=C(C)C)OC3=O.